The van der Waals surface area contributed by atoms with Crippen LogP contribution in [0.25, 0.3) is 11.2 Å². The molecule has 2 rings (SSSR count). The lowest BCUT2D eigenvalue weighted by Crippen LogP contribution is -2.11. The van der Waals surface area contributed by atoms with Crippen molar-refractivity contribution >= 4 is 17.0 Å². The number of nitrogens with zero attached hydrogens (tertiary/aromatic N) is 4. The van der Waals surface area contributed by atoms with E-state index in [4.69, 9.17) is 7.10 Å². The third kappa shape index (κ3) is 1.39. The summed E-state index contributed by atoms with van der Waals surface area (Å²) in [5.41, 5.74) is 6.61. The standard InChI is InChI=1S/C8H11N5O/c1-5(14)2-13-4-12-6-7(9)10-3-11-8(6)13/h3-5,14H,2H2,1H3,(H2,9,10,11)/t5-/m1/s1/i5T. The van der Waals surface area contributed by atoms with Crippen molar-refractivity contribution < 1.29 is 6.48 Å². The third-order valence-corrected chi connectivity index (χ3v) is 1.83. The molecule has 1 atom stereocenters. The Bertz CT molecular complexity index is 489. The van der Waals surface area contributed by atoms with Gasteiger partial charge in [-0.2, -0.15) is 0 Å². The summed E-state index contributed by atoms with van der Waals surface area (Å²) in [6, 6.07) is 0. The number of anilines is 1. The van der Waals surface area contributed by atoms with E-state index in [2.05, 4.69) is 15.0 Å². The lowest BCUT2D eigenvalue weighted by molar-refractivity contribution is 0.175. The molecular formula is C8H11N5O. The lowest BCUT2D eigenvalue weighted by Gasteiger charge is -2.05. The molecule has 2 aromatic heterocycles. The first-order valence-corrected chi connectivity index (χ1v) is 4.11. The number of nitrogens with two attached hydrogens (primary N) is 1. The summed E-state index contributed by atoms with van der Waals surface area (Å²) >= 11 is 0. The zero-order valence-corrected chi connectivity index (χ0v) is 7.68. The molecule has 0 aromatic carbocycles. The summed E-state index contributed by atoms with van der Waals surface area (Å²) in [7, 11) is 0. The molecule has 0 fully saturated rings. The molecule has 2 heterocycles. The second-order valence-electron chi connectivity index (χ2n) is 3.04. The molecule has 14 heavy (non-hydrogen) atoms. The van der Waals surface area contributed by atoms with Crippen LogP contribution in [-0.2, 0) is 6.54 Å². The second-order valence-corrected chi connectivity index (χ2v) is 3.04. The highest BCUT2D eigenvalue weighted by Gasteiger charge is 2.08. The number of aliphatic hydroxyl groups is 1. The predicted octanol–water partition coefficient (Wildman–Crippen LogP) is -0.211. The number of fused-ring (bicyclic) bond motifs is 1. The zero-order valence-electron chi connectivity index (χ0n) is 8.68. The minimum atomic E-state index is -1.56. The quantitative estimate of drug-likeness (QED) is 0.692. The van der Waals surface area contributed by atoms with Gasteiger partial charge in [0.1, 0.15) is 11.8 Å². The van der Waals surface area contributed by atoms with Gasteiger partial charge in [-0.3, -0.25) is 0 Å². The molecular weight excluding hydrogens is 182 g/mol. The van der Waals surface area contributed by atoms with Gasteiger partial charge < -0.3 is 15.4 Å². The van der Waals surface area contributed by atoms with E-state index in [0.29, 0.717) is 17.0 Å². The summed E-state index contributed by atoms with van der Waals surface area (Å²) in [6.07, 6.45) is 1.25. The highest BCUT2D eigenvalue weighted by Crippen LogP contribution is 2.14. The van der Waals surface area contributed by atoms with Crippen LogP contribution in [0.3, 0.4) is 0 Å². The van der Waals surface area contributed by atoms with E-state index in [1.165, 1.54) is 19.6 Å². The molecule has 3 N–H and O–H groups in total. The van der Waals surface area contributed by atoms with E-state index in [1.54, 1.807) is 4.57 Å². The molecule has 6 heteroatoms. The van der Waals surface area contributed by atoms with Crippen LogP contribution < -0.4 is 5.73 Å². The maximum atomic E-state index is 9.36. The van der Waals surface area contributed by atoms with Crippen LogP contribution in [0.4, 0.5) is 5.82 Å². The largest absolute Gasteiger partial charge is 0.392 e. The molecule has 0 amide bonds. The van der Waals surface area contributed by atoms with E-state index in [0.717, 1.165) is 0 Å². The molecule has 0 unspecified atom stereocenters. The van der Waals surface area contributed by atoms with Gasteiger partial charge in [-0.05, 0) is 6.92 Å². The minimum Gasteiger partial charge on any atom is -0.392 e. The van der Waals surface area contributed by atoms with Gasteiger partial charge in [0.15, 0.2) is 11.5 Å². The Morgan fingerprint density at radius 1 is 1.64 bits per heavy atom. The molecule has 74 valence electrons. The smallest absolute Gasteiger partial charge is 0.165 e. The molecule has 0 aliphatic heterocycles. The maximum Gasteiger partial charge on any atom is 0.165 e. The maximum absolute atomic E-state index is 9.36. The summed E-state index contributed by atoms with van der Waals surface area (Å²) < 4.78 is 8.94. The number of nitrogen functional groups attached to an aromatic ring is 1. The van der Waals surface area contributed by atoms with Gasteiger partial charge in [-0.15, -0.1) is 0 Å². The number of rotatable bonds is 2. The Morgan fingerprint density at radius 2 is 2.43 bits per heavy atom. The van der Waals surface area contributed by atoms with Crippen molar-refractivity contribution in [3.8, 4) is 0 Å². The van der Waals surface area contributed by atoms with Crippen LogP contribution in [-0.4, -0.2) is 30.7 Å². The Hall–Kier alpha value is -1.69. The average molecular weight is 195 g/mol. The molecule has 0 saturated carbocycles. The van der Waals surface area contributed by atoms with Crippen LogP contribution in [0.5, 0.6) is 0 Å². The summed E-state index contributed by atoms with van der Waals surface area (Å²) in [4.78, 5) is 11.8. The van der Waals surface area contributed by atoms with Crippen LogP contribution in [0.15, 0.2) is 12.7 Å². The van der Waals surface area contributed by atoms with E-state index < -0.39 is 6.08 Å². The Morgan fingerprint density at radius 3 is 3.14 bits per heavy atom. The highest BCUT2D eigenvalue weighted by molar-refractivity contribution is 5.81. The lowest BCUT2D eigenvalue weighted by atomic mass is 10.4. The highest BCUT2D eigenvalue weighted by atomic mass is 16.3. The van der Waals surface area contributed by atoms with Crippen molar-refractivity contribution in [3.05, 3.63) is 12.7 Å². The first-order valence-electron chi connectivity index (χ1n) is 4.61. The van der Waals surface area contributed by atoms with Gasteiger partial charge in [-0.25, -0.2) is 15.0 Å². The van der Waals surface area contributed by atoms with E-state index in [1.807, 2.05) is 0 Å². The fraction of sp³-hybridized carbons (Fsp3) is 0.375. The molecule has 0 aliphatic carbocycles. The monoisotopic (exact) mass is 195 g/mol. The van der Waals surface area contributed by atoms with Gasteiger partial charge in [0.25, 0.3) is 0 Å². The average Bonchev–Trinajstić information content (AvgIpc) is 2.48. The summed E-state index contributed by atoms with van der Waals surface area (Å²) in [6.45, 7) is 1.48. The van der Waals surface area contributed by atoms with Gasteiger partial charge in [0.2, 0.25) is 0 Å². The van der Waals surface area contributed by atoms with Crippen LogP contribution in [0, 0.1) is 0 Å². The zero-order chi connectivity index (χ0) is 11.1. The van der Waals surface area contributed by atoms with Crippen molar-refractivity contribution in [3.63, 3.8) is 0 Å². The Labute approximate surface area is 81.8 Å². The number of hydrogen-bond acceptors (Lipinski definition) is 5. The fourth-order valence-electron chi connectivity index (χ4n) is 1.26. The van der Waals surface area contributed by atoms with Gasteiger partial charge >= 0.3 is 0 Å². The molecule has 0 aliphatic rings. The molecule has 0 radical (unpaired) electrons. The van der Waals surface area contributed by atoms with E-state index >= 15 is 0 Å². The van der Waals surface area contributed by atoms with Crippen molar-refractivity contribution in [1.82, 2.24) is 19.5 Å². The SMILES string of the molecule is [3H][C@](C)(O)Cn1cnc2c(N)ncnc21. The fourth-order valence-corrected chi connectivity index (χ4v) is 1.26. The molecule has 6 nitrogen and oxygen atoms in total. The molecule has 2 aromatic rings. The van der Waals surface area contributed by atoms with E-state index in [9.17, 15) is 5.11 Å². The summed E-state index contributed by atoms with van der Waals surface area (Å²) in [5.74, 6) is 0.295. The van der Waals surface area contributed by atoms with Crippen molar-refractivity contribution in [2.75, 3.05) is 5.73 Å². The molecule has 0 bridgehead atoms. The first kappa shape index (κ1) is 7.69. The topological polar surface area (TPSA) is 89.8 Å². The normalized spacial score (nSPS) is 16.6. The third-order valence-electron chi connectivity index (χ3n) is 1.83. The minimum absolute atomic E-state index is 0.0833. The molecule has 0 spiro atoms. The van der Waals surface area contributed by atoms with Gasteiger partial charge in [0.05, 0.1) is 20.3 Å². The number of imidazole rings is 1. The van der Waals surface area contributed by atoms with Crippen molar-refractivity contribution in [1.29, 1.82) is 0 Å². The molecule has 0 saturated heterocycles. The van der Waals surface area contributed by atoms with Crippen LogP contribution >= 0.6 is 0 Å². The van der Waals surface area contributed by atoms with Crippen LogP contribution in [0.1, 0.15) is 8.29 Å². The second kappa shape index (κ2) is 3.22. The number of hydrogen-bond donors (Lipinski definition) is 2. The van der Waals surface area contributed by atoms with Crippen molar-refractivity contribution in [2.24, 2.45) is 0 Å². The Balaban J connectivity index is 2.50. The van der Waals surface area contributed by atoms with Crippen LogP contribution in [0.2, 0.25) is 0 Å². The Kier molecular flexibility index (Phi) is 1.77. The van der Waals surface area contributed by atoms with Gasteiger partial charge in [0, 0.05) is 0 Å². The number of aromatic nitrogens is 4. The van der Waals surface area contributed by atoms with Gasteiger partial charge in [-0.1, -0.05) is 0 Å². The first-order chi connectivity index (χ1) is 6.97. The van der Waals surface area contributed by atoms with Crippen molar-refractivity contribution in [2.45, 2.75) is 19.5 Å². The summed E-state index contributed by atoms with van der Waals surface area (Å²) in [5, 5.41) is 9.36. The van der Waals surface area contributed by atoms with E-state index in [-0.39, 0.29) is 6.54 Å². The predicted molar refractivity (Wildman–Crippen MR) is 51.4 cm³/mol.